The van der Waals surface area contributed by atoms with Crippen LogP contribution >= 0.6 is 0 Å². The number of rotatable bonds is 8. The number of carbonyl (C=O) groups excluding carboxylic acids is 1. The van der Waals surface area contributed by atoms with E-state index in [-0.39, 0.29) is 24.4 Å². The highest BCUT2D eigenvalue weighted by Crippen LogP contribution is 2.27. The monoisotopic (exact) mass is 516 g/mol. The van der Waals surface area contributed by atoms with Crippen molar-refractivity contribution in [1.82, 2.24) is 15.0 Å². The van der Waals surface area contributed by atoms with Gasteiger partial charge >= 0.3 is 6.36 Å². The molecule has 9 nitrogen and oxygen atoms in total. The maximum absolute atomic E-state index is 12.4. The van der Waals surface area contributed by atoms with Gasteiger partial charge in [-0.3, -0.25) is 4.79 Å². The quantitative estimate of drug-likeness (QED) is 0.433. The van der Waals surface area contributed by atoms with E-state index in [1.807, 2.05) is 30.0 Å². The van der Waals surface area contributed by atoms with Crippen molar-refractivity contribution >= 4 is 29.2 Å². The maximum atomic E-state index is 12.4. The van der Waals surface area contributed by atoms with Gasteiger partial charge < -0.3 is 25.0 Å². The molecule has 196 valence electrons. The molecule has 1 aromatic heterocycles. The lowest BCUT2D eigenvalue weighted by Gasteiger charge is -2.32. The third kappa shape index (κ3) is 7.53. The average molecular weight is 517 g/mol. The number of ether oxygens (including phenoxy) is 2. The minimum Gasteiger partial charge on any atom is -0.406 e. The Hall–Kier alpha value is -3.93. The maximum Gasteiger partial charge on any atom is 0.573 e. The van der Waals surface area contributed by atoms with E-state index in [0.29, 0.717) is 49.1 Å². The summed E-state index contributed by atoms with van der Waals surface area (Å²) in [5.41, 5.74) is 2.93. The minimum absolute atomic E-state index is 0.0398. The van der Waals surface area contributed by atoms with Crippen molar-refractivity contribution in [2.75, 3.05) is 28.6 Å². The highest BCUT2D eigenvalue weighted by molar-refractivity contribution is 5.90. The fourth-order valence-electron chi connectivity index (χ4n) is 3.99. The summed E-state index contributed by atoms with van der Waals surface area (Å²) in [5, 5.41) is 5.98. The Kier molecular flexibility index (Phi) is 8.07. The number of nitrogens with zero attached hydrogens (tertiary/aromatic N) is 4. The summed E-state index contributed by atoms with van der Waals surface area (Å²) in [7, 11) is 0. The van der Waals surface area contributed by atoms with Gasteiger partial charge in [-0.2, -0.15) is 4.98 Å². The van der Waals surface area contributed by atoms with Crippen molar-refractivity contribution in [2.24, 2.45) is 0 Å². The fourth-order valence-corrected chi connectivity index (χ4v) is 3.99. The van der Waals surface area contributed by atoms with Crippen LogP contribution in [0.25, 0.3) is 0 Å². The van der Waals surface area contributed by atoms with Crippen LogP contribution in [0.2, 0.25) is 0 Å². The molecule has 1 fully saturated rings. The standard InChI is InChI=1S/C25H27F3N6O3/c1-16-21(31-17(2)35)7-4-8-22(16)32-23-29-15-30-24(33-23)34-11-9-19(10-12-34)36-14-18-5-3-6-20(13-18)37-25(26,27)28/h3-8,13,15,19H,9-12,14H2,1-2H3,(H,31,35)(H,29,30,32,33). The first-order chi connectivity index (χ1) is 17.7. The SMILES string of the molecule is CC(=O)Nc1cccc(Nc2ncnc(N3CCC(OCc4cccc(OC(F)(F)F)c4)CC3)n2)c1C. The van der Waals surface area contributed by atoms with Gasteiger partial charge in [0, 0.05) is 31.4 Å². The van der Waals surface area contributed by atoms with Crippen LogP contribution in [0.3, 0.4) is 0 Å². The predicted octanol–water partition coefficient (Wildman–Crippen LogP) is 4.97. The second-order valence-corrected chi connectivity index (χ2v) is 8.59. The van der Waals surface area contributed by atoms with E-state index >= 15 is 0 Å². The topological polar surface area (TPSA) is 102 Å². The number of aromatic nitrogens is 3. The summed E-state index contributed by atoms with van der Waals surface area (Å²) in [4.78, 5) is 26.5. The van der Waals surface area contributed by atoms with Crippen molar-refractivity contribution < 1.29 is 27.4 Å². The van der Waals surface area contributed by atoms with Gasteiger partial charge in [-0.15, -0.1) is 13.2 Å². The molecule has 0 spiro atoms. The summed E-state index contributed by atoms with van der Waals surface area (Å²) in [5.74, 6) is 0.495. The number of hydrogen-bond donors (Lipinski definition) is 2. The fraction of sp³-hybridized carbons (Fsp3) is 0.360. The number of alkyl halides is 3. The first-order valence-corrected chi connectivity index (χ1v) is 11.7. The van der Waals surface area contributed by atoms with Crippen LogP contribution in [0.4, 0.5) is 36.4 Å². The molecule has 0 bridgehead atoms. The third-order valence-electron chi connectivity index (χ3n) is 5.79. The second-order valence-electron chi connectivity index (χ2n) is 8.59. The molecule has 0 aliphatic carbocycles. The van der Waals surface area contributed by atoms with E-state index in [2.05, 4.69) is 30.3 Å². The zero-order chi connectivity index (χ0) is 26.4. The summed E-state index contributed by atoms with van der Waals surface area (Å²) < 4.78 is 47.2. The average Bonchev–Trinajstić information content (AvgIpc) is 2.85. The molecule has 0 saturated carbocycles. The molecule has 1 amide bonds. The van der Waals surface area contributed by atoms with Crippen LogP contribution in [-0.4, -0.2) is 46.4 Å². The van der Waals surface area contributed by atoms with Crippen LogP contribution in [-0.2, 0) is 16.1 Å². The molecule has 2 aromatic carbocycles. The normalized spacial score (nSPS) is 14.4. The van der Waals surface area contributed by atoms with Crippen molar-refractivity contribution in [2.45, 2.75) is 45.8 Å². The molecule has 37 heavy (non-hydrogen) atoms. The van der Waals surface area contributed by atoms with Gasteiger partial charge in [-0.05, 0) is 55.2 Å². The molecule has 1 aliphatic heterocycles. The molecular weight excluding hydrogens is 489 g/mol. The van der Waals surface area contributed by atoms with Crippen LogP contribution in [0.5, 0.6) is 5.75 Å². The lowest BCUT2D eigenvalue weighted by molar-refractivity contribution is -0.274. The van der Waals surface area contributed by atoms with E-state index in [1.54, 1.807) is 6.07 Å². The van der Waals surface area contributed by atoms with Crippen LogP contribution in [0.15, 0.2) is 48.8 Å². The molecule has 0 radical (unpaired) electrons. The molecule has 0 atom stereocenters. The Balaban J connectivity index is 1.31. The summed E-state index contributed by atoms with van der Waals surface area (Å²) in [6.07, 6.45) is -1.90. The molecule has 12 heteroatoms. The highest BCUT2D eigenvalue weighted by Gasteiger charge is 2.31. The number of piperidine rings is 1. The molecule has 2 N–H and O–H groups in total. The van der Waals surface area contributed by atoms with Crippen LogP contribution in [0, 0.1) is 6.92 Å². The molecule has 1 saturated heterocycles. The Labute approximate surface area is 212 Å². The Morgan fingerprint density at radius 1 is 1.11 bits per heavy atom. The summed E-state index contributed by atoms with van der Waals surface area (Å²) >= 11 is 0. The van der Waals surface area contributed by atoms with E-state index < -0.39 is 6.36 Å². The number of anilines is 4. The minimum atomic E-state index is -4.73. The number of carbonyl (C=O) groups is 1. The van der Waals surface area contributed by atoms with Gasteiger partial charge in [0.25, 0.3) is 0 Å². The number of nitrogens with one attached hydrogen (secondary N) is 2. The van der Waals surface area contributed by atoms with Gasteiger partial charge in [0.05, 0.1) is 12.7 Å². The second kappa shape index (κ2) is 11.4. The van der Waals surface area contributed by atoms with Crippen LogP contribution < -0.4 is 20.3 Å². The number of benzene rings is 2. The Morgan fingerprint density at radius 2 is 1.84 bits per heavy atom. The zero-order valence-corrected chi connectivity index (χ0v) is 20.4. The molecular formula is C25H27F3N6O3. The lowest BCUT2D eigenvalue weighted by atomic mass is 10.1. The number of hydrogen-bond acceptors (Lipinski definition) is 8. The van der Waals surface area contributed by atoms with Crippen LogP contribution in [0.1, 0.15) is 30.9 Å². The Bertz CT molecular complexity index is 1230. The van der Waals surface area contributed by atoms with E-state index in [0.717, 1.165) is 11.3 Å². The first kappa shape index (κ1) is 26.1. The number of amides is 1. The first-order valence-electron chi connectivity index (χ1n) is 11.7. The van der Waals surface area contributed by atoms with Gasteiger partial charge in [-0.1, -0.05) is 18.2 Å². The van der Waals surface area contributed by atoms with Gasteiger partial charge in [-0.25, -0.2) is 9.97 Å². The lowest BCUT2D eigenvalue weighted by Crippen LogP contribution is -2.38. The summed E-state index contributed by atoms with van der Waals surface area (Å²) in [6.45, 7) is 4.85. The predicted molar refractivity (Wildman–Crippen MR) is 132 cm³/mol. The smallest absolute Gasteiger partial charge is 0.406 e. The Morgan fingerprint density at radius 3 is 2.57 bits per heavy atom. The zero-order valence-electron chi connectivity index (χ0n) is 20.4. The van der Waals surface area contributed by atoms with E-state index in [1.165, 1.54) is 31.5 Å². The highest BCUT2D eigenvalue weighted by atomic mass is 19.4. The van der Waals surface area contributed by atoms with Crippen molar-refractivity contribution in [3.8, 4) is 5.75 Å². The number of halogens is 3. The largest absolute Gasteiger partial charge is 0.573 e. The van der Waals surface area contributed by atoms with Gasteiger partial charge in [0.15, 0.2) is 0 Å². The molecule has 1 aliphatic rings. The van der Waals surface area contributed by atoms with E-state index in [4.69, 9.17) is 4.74 Å². The van der Waals surface area contributed by atoms with Gasteiger partial charge in [0.2, 0.25) is 17.8 Å². The molecule has 4 rings (SSSR count). The van der Waals surface area contributed by atoms with Gasteiger partial charge in [0.1, 0.15) is 12.1 Å². The van der Waals surface area contributed by atoms with Crippen molar-refractivity contribution in [3.05, 3.63) is 59.9 Å². The molecule has 2 heterocycles. The van der Waals surface area contributed by atoms with E-state index in [9.17, 15) is 18.0 Å². The third-order valence-corrected chi connectivity index (χ3v) is 5.79. The molecule has 0 unspecified atom stereocenters. The molecule has 3 aromatic rings. The van der Waals surface area contributed by atoms with Crippen molar-refractivity contribution in [3.63, 3.8) is 0 Å². The van der Waals surface area contributed by atoms with Crippen molar-refractivity contribution in [1.29, 1.82) is 0 Å². The summed E-state index contributed by atoms with van der Waals surface area (Å²) in [6, 6.07) is 11.3.